The first-order chi connectivity index (χ1) is 17.7. The molecule has 0 bridgehead atoms. The second-order valence-electron chi connectivity index (χ2n) is 8.32. The summed E-state index contributed by atoms with van der Waals surface area (Å²) in [4.78, 5) is 21.3. The van der Waals surface area contributed by atoms with Crippen LogP contribution < -0.4 is 9.47 Å². The van der Waals surface area contributed by atoms with E-state index in [1.54, 1.807) is 30.5 Å². The van der Waals surface area contributed by atoms with E-state index in [9.17, 15) is 21.6 Å². The van der Waals surface area contributed by atoms with Gasteiger partial charge in [0.2, 0.25) is 0 Å². The lowest BCUT2D eigenvalue weighted by atomic mass is 10.2. The van der Waals surface area contributed by atoms with Crippen molar-refractivity contribution in [3.63, 3.8) is 0 Å². The monoisotopic (exact) mass is 551 g/mol. The zero-order valence-corrected chi connectivity index (χ0v) is 21.3. The Morgan fingerprint density at radius 3 is 2.26 bits per heavy atom. The van der Waals surface area contributed by atoms with Gasteiger partial charge in [-0.3, -0.25) is 0 Å². The average Bonchev–Trinajstić information content (AvgIpc) is 3.26. The van der Waals surface area contributed by atoms with Crippen LogP contribution in [-0.4, -0.2) is 53.0 Å². The highest BCUT2D eigenvalue weighted by atomic mass is 32.2. The second kappa shape index (κ2) is 11.5. The molecule has 2 heterocycles. The fraction of sp³-hybridized carbons (Fsp3) is 0.240. The molecule has 0 aliphatic heterocycles. The fourth-order valence-electron chi connectivity index (χ4n) is 3.11. The fourth-order valence-corrected chi connectivity index (χ4v) is 3.74. The van der Waals surface area contributed by atoms with Crippen LogP contribution in [-0.2, 0) is 21.2 Å². The van der Waals surface area contributed by atoms with Crippen LogP contribution in [0, 0.1) is 0 Å². The van der Waals surface area contributed by atoms with Gasteiger partial charge in [0.05, 0.1) is 11.0 Å². The number of carboxylic acids is 1. The summed E-state index contributed by atoms with van der Waals surface area (Å²) in [5.41, 5.74) is 3.16. The number of nitrogens with zero attached hydrogens (tertiary/aromatic N) is 2. The Bertz CT molecular complexity index is 1480. The van der Waals surface area contributed by atoms with Gasteiger partial charge in [-0.05, 0) is 55.8 Å². The normalized spacial score (nSPS) is 11.7. The van der Waals surface area contributed by atoms with Crippen LogP contribution in [0.15, 0.2) is 65.7 Å². The van der Waals surface area contributed by atoms with Crippen LogP contribution in [0.4, 0.5) is 13.2 Å². The summed E-state index contributed by atoms with van der Waals surface area (Å²) in [6.45, 7) is 4.21. The molecule has 2 N–H and O–H groups in total. The molecule has 4 rings (SSSR count). The average molecular weight is 552 g/mol. The van der Waals surface area contributed by atoms with Gasteiger partial charge >= 0.3 is 12.1 Å². The molecular weight excluding hydrogens is 527 g/mol. The van der Waals surface area contributed by atoms with Crippen molar-refractivity contribution in [1.82, 2.24) is 15.0 Å². The molecule has 0 unspecified atom stereocenters. The molecule has 0 radical (unpaired) electrons. The Kier molecular flexibility index (Phi) is 8.61. The molecule has 0 amide bonds. The van der Waals surface area contributed by atoms with Crippen molar-refractivity contribution in [1.29, 1.82) is 0 Å². The summed E-state index contributed by atoms with van der Waals surface area (Å²) in [5.74, 6) is -0.796. The molecular formula is C25H24F3N3O6S. The van der Waals surface area contributed by atoms with Crippen molar-refractivity contribution < 1.29 is 41.0 Å². The molecule has 4 aromatic rings. The number of aromatic amines is 1. The van der Waals surface area contributed by atoms with E-state index in [1.807, 2.05) is 44.2 Å². The zero-order valence-electron chi connectivity index (χ0n) is 20.5. The van der Waals surface area contributed by atoms with E-state index in [4.69, 9.17) is 19.4 Å². The standard InChI is InChI=1S/C23H23N3O4S.C2HF3O2/c1-15(2)30-19-12-17(22-25-21-5-4-10-24-23(21)26-22)11-18(13-19)29-14-16-6-8-20(9-7-16)31(3,27)28;3-2(4,5)1(6)7/h4-13,15H,14H2,1-3H3,(H,24,25,26);(H,6,7). The highest BCUT2D eigenvalue weighted by Crippen LogP contribution is 2.30. The number of nitrogens with one attached hydrogen (secondary N) is 1. The first-order valence-corrected chi connectivity index (χ1v) is 13.0. The number of carboxylic acid groups (broad SMARTS) is 1. The van der Waals surface area contributed by atoms with Crippen LogP contribution in [0.1, 0.15) is 19.4 Å². The van der Waals surface area contributed by atoms with Gasteiger partial charge in [-0.15, -0.1) is 0 Å². The topological polar surface area (TPSA) is 131 Å². The smallest absolute Gasteiger partial charge is 0.490 e. The number of halogens is 3. The Morgan fingerprint density at radius 1 is 1.08 bits per heavy atom. The van der Waals surface area contributed by atoms with Gasteiger partial charge in [-0.2, -0.15) is 13.2 Å². The van der Waals surface area contributed by atoms with Crippen LogP contribution in [0.25, 0.3) is 22.6 Å². The Balaban J connectivity index is 0.000000505. The van der Waals surface area contributed by atoms with Gasteiger partial charge in [0.1, 0.15) is 29.4 Å². The number of carbonyl (C=O) groups is 1. The minimum absolute atomic E-state index is 0.00368. The minimum Gasteiger partial charge on any atom is -0.491 e. The number of aromatic nitrogens is 3. The molecule has 13 heteroatoms. The number of alkyl halides is 3. The third-order valence-electron chi connectivity index (χ3n) is 4.78. The number of aliphatic carboxylic acids is 1. The zero-order chi connectivity index (χ0) is 28.1. The van der Waals surface area contributed by atoms with E-state index in [2.05, 4.69) is 15.0 Å². The van der Waals surface area contributed by atoms with E-state index in [-0.39, 0.29) is 17.6 Å². The number of imidazole rings is 1. The van der Waals surface area contributed by atoms with Crippen molar-refractivity contribution in [3.8, 4) is 22.9 Å². The summed E-state index contributed by atoms with van der Waals surface area (Å²) in [6, 6.07) is 16.0. The first-order valence-electron chi connectivity index (χ1n) is 11.1. The molecule has 0 saturated carbocycles. The van der Waals surface area contributed by atoms with Crippen LogP contribution >= 0.6 is 0 Å². The molecule has 38 heavy (non-hydrogen) atoms. The van der Waals surface area contributed by atoms with Crippen molar-refractivity contribution in [2.24, 2.45) is 0 Å². The van der Waals surface area contributed by atoms with Crippen molar-refractivity contribution in [3.05, 3.63) is 66.4 Å². The van der Waals surface area contributed by atoms with Gasteiger partial charge in [0.15, 0.2) is 15.5 Å². The number of pyridine rings is 1. The lowest BCUT2D eigenvalue weighted by Crippen LogP contribution is -2.21. The van der Waals surface area contributed by atoms with E-state index >= 15 is 0 Å². The maximum Gasteiger partial charge on any atom is 0.490 e. The van der Waals surface area contributed by atoms with E-state index in [0.717, 1.165) is 16.6 Å². The summed E-state index contributed by atoms with van der Waals surface area (Å²) >= 11 is 0. The van der Waals surface area contributed by atoms with Gasteiger partial charge in [-0.1, -0.05) is 12.1 Å². The molecule has 202 valence electrons. The molecule has 2 aromatic carbocycles. The maximum atomic E-state index is 11.6. The van der Waals surface area contributed by atoms with Gasteiger partial charge < -0.3 is 19.6 Å². The molecule has 2 aromatic heterocycles. The second-order valence-corrected chi connectivity index (χ2v) is 10.3. The van der Waals surface area contributed by atoms with E-state index in [1.165, 1.54) is 6.26 Å². The SMILES string of the molecule is CC(C)Oc1cc(OCc2ccc(S(C)(=O)=O)cc2)cc(-c2nc3cccnc3[nH]2)c1.O=C(O)C(F)(F)F. The summed E-state index contributed by atoms with van der Waals surface area (Å²) in [6.07, 6.45) is -2.18. The Hall–Kier alpha value is -4.13. The number of H-pyrrole nitrogens is 1. The molecule has 0 spiro atoms. The summed E-state index contributed by atoms with van der Waals surface area (Å²) in [5, 5.41) is 7.12. The van der Waals surface area contributed by atoms with Crippen LogP contribution in [0.2, 0.25) is 0 Å². The predicted molar refractivity (Wildman–Crippen MR) is 133 cm³/mol. The van der Waals surface area contributed by atoms with Gasteiger partial charge in [0.25, 0.3) is 0 Å². The van der Waals surface area contributed by atoms with Gasteiger partial charge in [0, 0.05) is 24.1 Å². The Morgan fingerprint density at radius 2 is 1.71 bits per heavy atom. The number of sulfone groups is 1. The van der Waals surface area contributed by atoms with Crippen LogP contribution in [0.3, 0.4) is 0 Å². The number of benzene rings is 2. The summed E-state index contributed by atoms with van der Waals surface area (Å²) < 4.78 is 66.9. The van der Waals surface area contributed by atoms with Crippen LogP contribution in [0.5, 0.6) is 11.5 Å². The number of fused-ring (bicyclic) bond motifs is 1. The highest BCUT2D eigenvalue weighted by molar-refractivity contribution is 7.90. The molecule has 0 atom stereocenters. The lowest BCUT2D eigenvalue weighted by Gasteiger charge is -2.14. The quantitative estimate of drug-likeness (QED) is 0.327. The first kappa shape index (κ1) is 28.4. The molecule has 0 saturated heterocycles. The number of hydrogen-bond acceptors (Lipinski definition) is 7. The Labute approximate surface area is 216 Å². The largest absolute Gasteiger partial charge is 0.491 e. The van der Waals surface area contributed by atoms with E-state index in [0.29, 0.717) is 23.0 Å². The molecule has 9 nitrogen and oxygen atoms in total. The van der Waals surface area contributed by atoms with Crippen molar-refractivity contribution >= 4 is 27.0 Å². The third-order valence-corrected chi connectivity index (χ3v) is 5.91. The minimum atomic E-state index is -5.08. The number of rotatable bonds is 7. The molecule has 0 aliphatic carbocycles. The lowest BCUT2D eigenvalue weighted by molar-refractivity contribution is -0.192. The van der Waals surface area contributed by atoms with Gasteiger partial charge in [-0.25, -0.2) is 23.2 Å². The molecule has 0 fully saturated rings. The van der Waals surface area contributed by atoms with E-state index < -0.39 is 22.0 Å². The maximum absolute atomic E-state index is 11.6. The number of hydrogen-bond donors (Lipinski definition) is 2. The summed E-state index contributed by atoms with van der Waals surface area (Å²) in [7, 11) is -3.22. The predicted octanol–water partition coefficient (Wildman–Crippen LogP) is 5.03. The number of ether oxygens (including phenoxy) is 2. The van der Waals surface area contributed by atoms with Crippen molar-refractivity contribution in [2.45, 2.75) is 37.6 Å². The van der Waals surface area contributed by atoms with Crippen molar-refractivity contribution in [2.75, 3.05) is 6.26 Å². The third kappa shape index (κ3) is 7.93. The highest BCUT2D eigenvalue weighted by Gasteiger charge is 2.38. The molecule has 0 aliphatic rings.